The topological polar surface area (TPSA) is 33.7 Å². The zero-order valence-electron chi connectivity index (χ0n) is 12.0. The monoisotopic (exact) mass is 246 g/mol. The standard InChI is InChI=1S/C13H30N2O2/c1-5-7-14-12-13(6-2)15(8-10-16-3)9-11-17-4/h13-14H,5-12H2,1-4H3. The summed E-state index contributed by atoms with van der Waals surface area (Å²) in [6, 6.07) is 0.576. The van der Waals surface area contributed by atoms with Gasteiger partial charge in [-0.25, -0.2) is 0 Å². The molecule has 0 heterocycles. The number of methoxy groups -OCH3 is 2. The van der Waals surface area contributed by atoms with Crippen molar-refractivity contribution in [3.8, 4) is 0 Å². The zero-order chi connectivity index (χ0) is 12.9. The highest BCUT2D eigenvalue weighted by Gasteiger charge is 2.15. The number of rotatable bonds is 12. The molecule has 0 spiro atoms. The van der Waals surface area contributed by atoms with Crippen molar-refractivity contribution in [2.24, 2.45) is 0 Å². The fourth-order valence-corrected chi connectivity index (χ4v) is 1.87. The summed E-state index contributed by atoms with van der Waals surface area (Å²) in [6.45, 7) is 10.1. The lowest BCUT2D eigenvalue weighted by molar-refractivity contribution is 0.0853. The van der Waals surface area contributed by atoms with Crippen LogP contribution in [0.1, 0.15) is 26.7 Å². The Labute approximate surface area is 107 Å². The maximum absolute atomic E-state index is 5.17. The number of nitrogens with zero attached hydrogens (tertiary/aromatic N) is 1. The van der Waals surface area contributed by atoms with Crippen molar-refractivity contribution in [1.29, 1.82) is 0 Å². The third-order valence-electron chi connectivity index (χ3n) is 2.96. The van der Waals surface area contributed by atoms with Gasteiger partial charge < -0.3 is 14.8 Å². The Morgan fingerprint density at radius 3 is 2.06 bits per heavy atom. The first-order chi connectivity index (χ1) is 8.29. The van der Waals surface area contributed by atoms with E-state index in [0.717, 1.165) is 45.8 Å². The van der Waals surface area contributed by atoms with Crippen LogP contribution in [-0.2, 0) is 9.47 Å². The summed E-state index contributed by atoms with van der Waals surface area (Å²) in [5, 5.41) is 3.50. The molecule has 0 aromatic rings. The quantitative estimate of drug-likeness (QED) is 0.527. The third-order valence-corrected chi connectivity index (χ3v) is 2.96. The summed E-state index contributed by atoms with van der Waals surface area (Å²) < 4.78 is 10.3. The second-order valence-corrected chi connectivity index (χ2v) is 4.29. The first-order valence-electron chi connectivity index (χ1n) is 6.72. The minimum absolute atomic E-state index is 0.576. The predicted octanol–water partition coefficient (Wildman–Crippen LogP) is 1.36. The minimum Gasteiger partial charge on any atom is -0.383 e. The van der Waals surface area contributed by atoms with E-state index in [2.05, 4.69) is 24.1 Å². The molecular weight excluding hydrogens is 216 g/mol. The van der Waals surface area contributed by atoms with Gasteiger partial charge in [-0.05, 0) is 19.4 Å². The summed E-state index contributed by atoms with van der Waals surface area (Å²) in [6.07, 6.45) is 2.34. The van der Waals surface area contributed by atoms with E-state index < -0.39 is 0 Å². The van der Waals surface area contributed by atoms with Crippen LogP contribution >= 0.6 is 0 Å². The Hall–Kier alpha value is -0.160. The molecule has 4 heteroatoms. The molecule has 4 nitrogen and oxygen atoms in total. The molecule has 104 valence electrons. The van der Waals surface area contributed by atoms with Gasteiger partial charge in [0.1, 0.15) is 0 Å². The third kappa shape index (κ3) is 8.55. The number of nitrogens with one attached hydrogen (secondary N) is 1. The van der Waals surface area contributed by atoms with Crippen LogP contribution in [0.2, 0.25) is 0 Å². The fourth-order valence-electron chi connectivity index (χ4n) is 1.87. The Balaban J connectivity index is 4.06. The predicted molar refractivity (Wildman–Crippen MR) is 72.6 cm³/mol. The van der Waals surface area contributed by atoms with Gasteiger partial charge >= 0.3 is 0 Å². The van der Waals surface area contributed by atoms with Gasteiger partial charge in [-0.15, -0.1) is 0 Å². The molecule has 0 aliphatic rings. The van der Waals surface area contributed by atoms with Crippen molar-refractivity contribution < 1.29 is 9.47 Å². The maximum Gasteiger partial charge on any atom is 0.0589 e. The molecule has 0 rings (SSSR count). The van der Waals surface area contributed by atoms with Crippen molar-refractivity contribution in [3.63, 3.8) is 0 Å². The zero-order valence-corrected chi connectivity index (χ0v) is 12.0. The summed E-state index contributed by atoms with van der Waals surface area (Å²) in [7, 11) is 3.51. The van der Waals surface area contributed by atoms with Crippen LogP contribution in [-0.4, -0.2) is 64.6 Å². The van der Waals surface area contributed by atoms with E-state index in [1.807, 2.05) is 0 Å². The van der Waals surface area contributed by atoms with Crippen LogP contribution in [0.3, 0.4) is 0 Å². The van der Waals surface area contributed by atoms with Crippen LogP contribution in [0.5, 0.6) is 0 Å². The van der Waals surface area contributed by atoms with Crippen molar-refractivity contribution in [1.82, 2.24) is 10.2 Å². The van der Waals surface area contributed by atoms with Crippen LogP contribution in [0.15, 0.2) is 0 Å². The van der Waals surface area contributed by atoms with Crippen LogP contribution in [0.25, 0.3) is 0 Å². The van der Waals surface area contributed by atoms with Gasteiger partial charge in [0.25, 0.3) is 0 Å². The highest BCUT2D eigenvalue weighted by molar-refractivity contribution is 4.72. The first kappa shape index (κ1) is 16.8. The average molecular weight is 246 g/mol. The number of hydrogen-bond acceptors (Lipinski definition) is 4. The lowest BCUT2D eigenvalue weighted by Gasteiger charge is -2.31. The Kier molecular flexibility index (Phi) is 12.2. The van der Waals surface area contributed by atoms with Gasteiger partial charge in [0.15, 0.2) is 0 Å². The smallest absolute Gasteiger partial charge is 0.0589 e. The van der Waals surface area contributed by atoms with E-state index in [0.29, 0.717) is 6.04 Å². The lowest BCUT2D eigenvalue weighted by atomic mass is 10.2. The van der Waals surface area contributed by atoms with Crippen molar-refractivity contribution >= 4 is 0 Å². The van der Waals surface area contributed by atoms with E-state index >= 15 is 0 Å². The van der Waals surface area contributed by atoms with Crippen LogP contribution < -0.4 is 5.32 Å². The Bertz CT molecular complexity index is 148. The van der Waals surface area contributed by atoms with E-state index in [1.165, 1.54) is 6.42 Å². The molecule has 0 amide bonds. The summed E-state index contributed by atoms with van der Waals surface area (Å²) in [5.74, 6) is 0. The second kappa shape index (κ2) is 12.3. The molecule has 0 saturated carbocycles. The van der Waals surface area contributed by atoms with E-state index in [1.54, 1.807) is 14.2 Å². The molecule has 0 aromatic carbocycles. The number of ether oxygens (including phenoxy) is 2. The van der Waals surface area contributed by atoms with Crippen molar-refractivity contribution in [2.45, 2.75) is 32.7 Å². The average Bonchev–Trinajstić information content (AvgIpc) is 2.36. The minimum atomic E-state index is 0.576. The van der Waals surface area contributed by atoms with Gasteiger partial charge in [0.05, 0.1) is 13.2 Å². The highest BCUT2D eigenvalue weighted by Crippen LogP contribution is 2.03. The molecule has 1 N–H and O–H groups in total. The molecule has 0 bridgehead atoms. The number of hydrogen-bond donors (Lipinski definition) is 1. The maximum atomic E-state index is 5.17. The first-order valence-corrected chi connectivity index (χ1v) is 6.72. The molecule has 0 aliphatic carbocycles. The van der Waals surface area contributed by atoms with E-state index in [9.17, 15) is 0 Å². The van der Waals surface area contributed by atoms with Gasteiger partial charge in [0, 0.05) is 39.9 Å². The molecular formula is C13H30N2O2. The second-order valence-electron chi connectivity index (χ2n) is 4.29. The van der Waals surface area contributed by atoms with Crippen molar-refractivity contribution in [3.05, 3.63) is 0 Å². The van der Waals surface area contributed by atoms with E-state index in [-0.39, 0.29) is 0 Å². The SMILES string of the molecule is CCCNCC(CC)N(CCOC)CCOC. The molecule has 0 saturated heterocycles. The molecule has 0 fully saturated rings. The van der Waals surface area contributed by atoms with Gasteiger partial charge in [-0.2, -0.15) is 0 Å². The summed E-state index contributed by atoms with van der Waals surface area (Å²) in [4.78, 5) is 2.45. The van der Waals surface area contributed by atoms with Crippen molar-refractivity contribution in [2.75, 3.05) is 53.6 Å². The normalized spacial score (nSPS) is 13.2. The fraction of sp³-hybridized carbons (Fsp3) is 1.00. The van der Waals surface area contributed by atoms with Crippen LogP contribution in [0, 0.1) is 0 Å². The summed E-state index contributed by atoms with van der Waals surface area (Å²) in [5.41, 5.74) is 0. The van der Waals surface area contributed by atoms with Gasteiger partial charge in [0.2, 0.25) is 0 Å². The summed E-state index contributed by atoms with van der Waals surface area (Å²) >= 11 is 0. The highest BCUT2D eigenvalue weighted by atomic mass is 16.5. The molecule has 1 atom stereocenters. The van der Waals surface area contributed by atoms with Gasteiger partial charge in [-0.3, -0.25) is 4.90 Å². The molecule has 17 heavy (non-hydrogen) atoms. The Morgan fingerprint density at radius 2 is 1.65 bits per heavy atom. The largest absolute Gasteiger partial charge is 0.383 e. The van der Waals surface area contributed by atoms with Gasteiger partial charge in [-0.1, -0.05) is 13.8 Å². The molecule has 0 radical (unpaired) electrons. The molecule has 0 aliphatic heterocycles. The van der Waals surface area contributed by atoms with Crippen LogP contribution in [0.4, 0.5) is 0 Å². The Morgan fingerprint density at radius 1 is 1.06 bits per heavy atom. The van der Waals surface area contributed by atoms with E-state index in [4.69, 9.17) is 9.47 Å². The molecule has 1 unspecified atom stereocenters. The lowest BCUT2D eigenvalue weighted by Crippen LogP contribution is -2.45. The molecule has 0 aromatic heterocycles.